The molecule has 26 heavy (non-hydrogen) atoms. The van der Waals surface area contributed by atoms with Crippen LogP contribution in [0.1, 0.15) is 10.4 Å². The number of hydrogen-bond donors (Lipinski definition) is 2. The van der Waals surface area contributed by atoms with E-state index >= 15 is 0 Å². The average Bonchev–Trinajstić information content (AvgIpc) is 3.07. The topological polar surface area (TPSA) is 66.0 Å². The standard InChI is InChI=1S/C20H12Cl2N2O2/c21-17-3-1-2-14(18(17)22)13-8-15-16(10-24-19(15)23-9-13)11-4-6-12(7-5-11)20(25)26/h1-10H,(H,23,24)(H,25,26). The zero-order chi connectivity index (χ0) is 18.3. The van der Waals surface area contributed by atoms with Crippen LogP contribution < -0.4 is 0 Å². The van der Waals surface area contributed by atoms with Gasteiger partial charge in [-0.15, -0.1) is 0 Å². The number of halogens is 2. The van der Waals surface area contributed by atoms with Crippen LogP contribution in [-0.2, 0) is 0 Å². The van der Waals surface area contributed by atoms with Crippen LogP contribution in [0.5, 0.6) is 0 Å². The van der Waals surface area contributed by atoms with Crippen LogP contribution >= 0.6 is 23.2 Å². The van der Waals surface area contributed by atoms with Crippen molar-refractivity contribution >= 4 is 40.2 Å². The van der Waals surface area contributed by atoms with Crippen molar-refractivity contribution in [2.75, 3.05) is 0 Å². The lowest BCUT2D eigenvalue weighted by Crippen LogP contribution is -1.94. The van der Waals surface area contributed by atoms with E-state index in [2.05, 4.69) is 9.97 Å². The van der Waals surface area contributed by atoms with Gasteiger partial charge in [-0.2, -0.15) is 0 Å². The lowest BCUT2D eigenvalue weighted by atomic mass is 10.0. The lowest BCUT2D eigenvalue weighted by Gasteiger charge is -2.07. The van der Waals surface area contributed by atoms with Gasteiger partial charge < -0.3 is 10.1 Å². The SMILES string of the molecule is O=C(O)c1ccc(-c2c[nH]c3ncc(-c4cccc(Cl)c4Cl)cc23)cc1. The minimum absolute atomic E-state index is 0.248. The number of aromatic nitrogens is 2. The number of carboxylic acid groups (broad SMARTS) is 1. The van der Waals surface area contributed by atoms with Gasteiger partial charge >= 0.3 is 5.97 Å². The number of hydrogen-bond acceptors (Lipinski definition) is 2. The second-order valence-electron chi connectivity index (χ2n) is 5.81. The van der Waals surface area contributed by atoms with Gasteiger partial charge in [0.15, 0.2) is 0 Å². The van der Waals surface area contributed by atoms with E-state index < -0.39 is 5.97 Å². The molecule has 0 fully saturated rings. The molecule has 6 heteroatoms. The first-order chi connectivity index (χ1) is 12.5. The van der Waals surface area contributed by atoms with Crippen LogP contribution in [0.15, 0.2) is 60.9 Å². The summed E-state index contributed by atoms with van der Waals surface area (Å²) in [5.41, 5.74) is 4.49. The van der Waals surface area contributed by atoms with Crippen LogP contribution in [0.25, 0.3) is 33.3 Å². The highest BCUT2D eigenvalue weighted by Gasteiger charge is 2.12. The molecule has 0 aliphatic heterocycles. The molecule has 2 aromatic carbocycles. The van der Waals surface area contributed by atoms with E-state index in [4.69, 9.17) is 28.3 Å². The third-order valence-electron chi connectivity index (χ3n) is 4.24. The largest absolute Gasteiger partial charge is 0.478 e. The molecule has 0 unspecified atom stereocenters. The maximum atomic E-state index is 11.0. The molecule has 0 saturated carbocycles. The second-order valence-corrected chi connectivity index (χ2v) is 6.59. The summed E-state index contributed by atoms with van der Waals surface area (Å²) in [6.07, 6.45) is 3.60. The number of carbonyl (C=O) groups is 1. The molecule has 0 aliphatic rings. The highest BCUT2D eigenvalue weighted by Crippen LogP contribution is 2.36. The molecule has 0 spiro atoms. The quantitative estimate of drug-likeness (QED) is 0.463. The first-order valence-corrected chi connectivity index (χ1v) is 8.55. The Bertz CT molecular complexity index is 1130. The highest BCUT2D eigenvalue weighted by atomic mass is 35.5. The van der Waals surface area contributed by atoms with Crippen LogP contribution in [0.3, 0.4) is 0 Å². The van der Waals surface area contributed by atoms with Gasteiger partial charge in [0.05, 0.1) is 15.6 Å². The summed E-state index contributed by atoms with van der Waals surface area (Å²) in [7, 11) is 0. The fourth-order valence-corrected chi connectivity index (χ4v) is 3.32. The van der Waals surface area contributed by atoms with E-state index in [-0.39, 0.29) is 5.56 Å². The number of fused-ring (bicyclic) bond motifs is 1. The normalized spacial score (nSPS) is 11.0. The first-order valence-electron chi connectivity index (χ1n) is 7.80. The average molecular weight is 383 g/mol. The van der Waals surface area contributed by atoms with Crippen LogP contribution in [0, 0.1) is 0 Å². The van der Waals surface area contributed by atoms with Gasteiger partial charge in [0.2, 0.25) is 0 Å². The number of nitrogens with zero attached hydrogens (tertiary/aromatic N) is 1. The Hall–Kier alpha value is -2.82. The van der Waals surface area contributed by atoms with Crippen molar-refractivity contribution in [1.82, 2.24) is 9.97 Å². The summed E-state index contributed by atoms with van der Waals surface area (Å²) in [5, 5.41) is 10.9. The van der Waals surface area contributed by atoms with E-state index in [1.165, 1.54) is 0 Å². The number of pyridine rings is 1. The molecule has 2 N–H and O–H groups in total. The smallest absolute Gasteiger partial charge is 0.335 e. The van der Waals surface area contributed by atoms with Crippen molar-refractivity contribution in [3.8, 4) is 22.3 Å². The van der Waals surface area contributed by atoms with E-state index in [1.54, 1.807) is 36.5 Å². The summed E-state index contributed by atoms with van der Waals surface area (Å²) in [6.45, 7) is 0. The Labute approximate surface area is 159 Å². The van der Waals surface area contributed by atoms with Crippen molar-refractivity contribution in [3.05, 3.63) is 76.5 Å². The number of H-pyrrole nitrogens is 1. The molecular weight excluding hydrogens is 371 g/mol. The molecule has 4 rings (SSSR count). The van der Waals surface area contributed by atoms with E-state index in [0.29, 0.717) is 10.0 Å². The molecule has 4 aromatic rings. The second kappa shape index (κ2) is 6.48. The minimum Gasteiger partial charge on any atom is -0.478 e. The van der Waals surface area contributed by atoms with Gasteiger partial charge in [-0.1, -0.05) is 47.5 Å². The summed E-state index contributed by atoms with van der Waals surface area (Å²) >= 11 is 12.5. The maximum absolute atomic E-state index is 11.0. The van der Waals surface area contributed by atoms with Gasteiger partial charge in [0.25, 0.3) is 0 Å². The van der Waals surface area contributed by atoms with Crippen molar-refractivity contribution in [2.24, 2.45) is 0 Å². The summed E-state index contributed by atoms with van der Waals surface area (Å²) in [6, 6.07) is 14.2. The fraction of sp³-hybridized carbons (Fsp3) is 0. The molecule has 128 valence electrons. The zero-order valence-electron chi connectivity index (χ0n) is 13.3. The molecule has 2 heterocycles. The van der Waals surface area contributed by atoms with Crippen molar-refractivity contribution in [1.29, 1.82) is 0 Å². The van der Waals surface area contributed by atoms with Gasteiger partial charge in [0, 0.05) is 34.5 Å². The van der Waals surface area contributed by atoms with Gasteiger partial charge in [-0.3, -0.25) is 0 Å². The van der Waals surface area contributed by atoms with Gasteiger partial charge in [-0.05, 0) is 29.8 Å². The number of nitrogens with one attached hydrogen (secondary N) is 1. The number of benzene rings is 2. The molecule has 0 saturated heterocycles. The first kappa shape index (κ1) is 16.6. The Balaban J connectivity index is 1.85. The van der Waals surface area contributed by atoms with Crippen molar-refractivity contribution < 1.29 is 9.90 Å². The molecule has 0 amide bonds. The minimum atomic E-state index is -0.949. The summed E-state index contributed by atoms with van der Waals surface area (Å²) < 4.78 is 0. The monoisotopic (exact) mass is 382 g/mol. The Morgan fingerprint density at radius 2 is 1.77 bits per heavy atom. The highest BCUT2D eigenvalue weighted by molar-refractivity contribution is 6.43. The summed E-state index contributed by atoms with van der Waals surface area (Å²) in [5.74, 6) is -0.949. The third-order valence-corrected chi connectivity index (χ3v) is 5.06. The molecule has 0 aliphatic carbocycles. The van der Waals surface area contributed by atoms with Crippen LogP contribution in [0.2, 0.25) is 10.0 Å². The predicted molar refractivity (Wildman–Crippen MR) is 104 cm³/mol. The molecule has 4 nitrogen and oxygen atoms in total. The maximum Gasteiger partial charge on any atom is 0.335 e. The molecular formula is C20H12Cl2N2O2. The molecule has 0 radical (unpaired) electrons. The molecule has 0 atom stereocenters. The number of carboxylic acids is 1. The van der Waals surface area contributed by atoms with Crippen molar-refractivity contribution in [2.45, 2.75) is 0 Å². The predicted octanol–water partition coefficient (Wildman–Crippen LogP) is 5.90. The van der Waals surface area contributed by atoms with E-state index in [0.717, 1.165) is 33.3 Å². The van der Waals surface area contributed by atoms with Crippen molar-refractivity contribution in [3.63, 3.8) is 0 Å². The van der Waals surface area contributed by atoms with Gasteiger partial charge in [-0.25, -0.2) is 9.78 Å². The Morgan fingerprint density at radius 1 is 1.00 bits per heavy atom. The third kappa shape index (κ3) is 2.83. The molecule has 2 aromatic heterocycles. The van der Waals surface area contributed by atoms with Crippen LogP contribution in [0.4, 0.5) is 0 Å². The Morgan fingerprint density at radius 3 is 2.50 bits per heavy atom. The van der Waals surface area contributed by atoms with E-state index in [9.17, 15) is 4.79 Å². The molecule has 0 bridgehead atoms. The summed E-state index contributed by atoms with van der Waals surface area (Å²) in [4.78, 5) is 18.6. The van der Waals surface area contributed by atoms with Crippen LogP contribution in [-0.4, -0.2) is 21.0 Å². The number of aromatic amines is 1. The zero-order valence-corrected chi connectivity index (χ0v) is 14.8. The Kier molecular flexibility index (Phi) is 4.15. The fourth-order valence-electron chi connectivity index (χ4n) is 2.91. The lowest BCUT2D eigenvalue weighted by molar-refractivity contribution is 0.0697. The number of aromatic carboxylic acids is 1. The number of rotatable bonds is 3. The van der Waals surface area contributed by atoms with E-state index in [1.807, 2.05) is 24.4 Å². The van der Waals surface area contributed by atoms with Gasteiger partial charge in [0.1, 0.15) is 5.65 Å².